The molecule has 2 N–H and O–H groups in total. The van der Waals surface area contributed by atoms with Crippen LogP contribution in [0.3, 0.4) is 0 Å². The molecule has 0 radical (unpaired) electrons. The SMILES string of the molecule is CCCCCCCCCC(C(CCC)C(C)(C)N)[Si](OC)(OC)OC. The van der Waals surface area contributed by atoms with E-state index in [1.54, 1.807) is 21.3 Å². The predicted octanol–water partition coefficient (Wildman–Crippen LogP) is 5.53. The Balaban J connectivity index is 5.01. The highest BCUT2D eigenvalue weighted by Crippen LogP contribution is 2.43. The highest BCUT2D eigenvalue weighted by atomic mass is 28.4. The smallest absolute Gasteiger partial charge is 0.377 e. The van der Waals surface area contributed by atoms with Gasteiger partial charge in [0.25, 0.3) is 0 Å². The average molecular weight is 376 g/mol. The summed E-state index contributed by atoms with van der Waals surface area (Å²) in [5.41, 5.74) is 6.55. The van der Waals surface area contributed by atoms with E-state index in [1.165, 1.54) is 44.9 Å². The van der Waals surface area contributed by atoms with Crippen molar-refractivity contribution in [3.8, 4) is 0 Å². The molecule has 152 valence electrons. The van der Waals surface area contributed by atoms with Gasteiger partial charge in [-0.15, -0.1) is 0 Å². The van der Waals surface area contributed by atoms with Crippen LogP contribution >= 0.6 is 0 Å². The second kappa shape index (κ2) is 13.3. The molecule has 0 aliphatic rings. The number of unbranched alkanes of at least 4 members (excludes halogenated alkanes) is 6. The normalized spacial score (nSPS) is 15.4. The minimum atomic E-state index is -2.72. The Labute approximate surface area is 158 Å². The number of hydrogen-bond donors (Lipinski definition) is 1. The van der Waals surface area contributed by atoms with E-state index in [0.29, 0.717) is 5.92 Å². The van der Waals surface area contributed by atoms with E-state index in [-0.39, 0.29) is 11.1 Å². The van der Waals surface area contributed by atoms with E-state index in [0.717, 1.165) is 19.3 Å². The van der Waals surface area contributed by atoms with Gasteiger partial charge in [-0.1, -0.05) is 65.2 Å². The van der Waals surface area contributed by atoms with Crippen molar-refractivity contribution in [1.29, 1.82) is 0 Å². The monoisotopic (exact) mass is 375 g/mol. The van der Waals surface area contributed by atoms with Crippen LogP contribution in [0.15, 0.2) is 0 Å². The average Bonchev–Trinajstić information content (AvgIpc) is 2.58. The summed E-state index contributed by atoms with van der Waals surface area (Å²) in [5.74, 6) is 0.337. The van der Waals surface area contributed by atoms with E-state index < -0.39 is 8.80 Å². The van der Waals surface area contributed by atoms with Gasteiger partial charge >= 0.3 is 8.80 Å². The van der Waals surface area contributed by atoms with Gasteiger partial charge in [0, 0.05) is 32.4 Å². The Hall–Kier alpha value is 0.0569. The summed E-state index contributed by atoms with van der Waals surface area (Å²) in [6.07, 6.45) is 12.4. The molecular formula is C20H45NO3Si. The largest absolute Gasteiger partial charge is 0.503 e. The van der Waals surface area contributed by atoms with Crippen LogP contribution in [0, 0.1) is 5.92 Å². The van der Waals surface area contributed by atoms with E-state index in [1.807, 2.05) is 0 Å². The van der Waals surface area contributed by atoms with Crippen molar-refractivity contribution in [2.75, 3.05) is 21.3 Å². The van der Waals surface area contributed by atoms with Crippen molar-refractivity contribution in [3.63, 3.8) is 0 Å². The Bertz CT molecular complexity index is 308. The molecule has 0 aliphatic carbocycles. The standard InChI is InChI=1S/C20H45NO3Si/c1-8-10-11-12-13-14-15-17-19(25(22-5,23-6)24-7)18(16-9-2)20(3,4)21/h18-19H,8-17,21H2,1-7H3. The molecule has 0 aromatic rings. The molecule has 0 aliphatic heterocycles. The van der Waals surface area contributed by atoms with Crippen LogP contribution in [0.1, 0.15) is 91.9 Å². The lowest BCUT2D eigenvalue weighted by Gasteiger charge is -2.43. The minimum Gasteiger partial charge on any atom is -0.377 e. The van der Waals surface area contributed by atoms with Gasteiger partial charge in [0.2, 0.25) is 0 Å². The van der Waals surface area contributed by atoms with Gasteiger partial charge < -0.3 is 19.0 Å². The van der Waals surface area contributed by atoms with Crippen molar-refractivity contribution in [1.82, 2.24) is 0 Å². The van der Waals surface area contributed by atoms with E-state index in [2.05, 4.69) is 27.7 Å². The summed E-state index contributed by atoms with van der Waals surface area (Å²) >= 11 is 0. The summed E-state index contributed by atoms with van der Waals surface area (Å²) in [6.45, 7) is 8.74. The van der Waals surface area contributed by atoms with Crippen LogP contribution in [0.5, 0.6) is 0 Å². The lowest BCUT2D eigenvalue weighted by atomic mass is 9.80. The summed E-state index contributed by atoms with van der Waals surface area (Å²) in [4.78, 5) is 0. The molecule has 2 unspecified atom stereocenters. The molecule has 0 saturated heterocycles. The third-order valence-corrected chi connectivity index (χ3v) is 8.77. The summed E-state index contributed by atoms with van der Waals surface area (Å²) in [6, 6.07) is 0. The van der Waals surface area contributed by atoms with Crippen LogP contribution in [0.4, 0.5) is 0 Å². The lowest BCUT2D eigenvalue weighted by molar-refractivity contribution is 0.0869. The van der Waals surface area contributed by atoms with E-state index in [9.17, 15) is 0 Å². The molecule has 0 aromatic heterocycles. The van der Waals surface area contributed by atoms with Crippen LogP contribution < -0.4 is 5.73 Å². The molecule has 0 amide bonds. The minimum absolute atomic E-state index is 0.253. The zero-order chi connectivity index (χ0) is 19.3. The highest BCUT2D eigenvalue weighted by molar-refractivity contribution is 6.62. The summed E-state index contributed by atoms with van der Waals surface area (Å²) < 4.78 is 17.6. The molecular weight excluding hydrogens is 330 g/mol. The molecule has 0 aromatic carbocycles. The van der Waals surface area contributed by atoms with Gasteiger partial charge in [0.05, 0.1) is 0 Å². The molecule has 0 rings (SSSR count). The van der Waals surface area contributed by atoms with Gasteiger partial charge in [0.1, 0.15) is 0 Å². The fourth-order valence-electron chi connectivity index (χ4n) is 4.05. The first-order valence-corrected chi connectivity index (χ1v) is 12.1. The molecule has 25 heavy (non-hydrogen) atoms. The second-order valence-electron chi connectivity index (χ2n) is 7.95. The maximum absolute atomic E-state index is 6.57. The van der Waals surface area contributed by atoms with E-state index >= 15 is 0 Å². The molecule has 4 nitrogen and oxygen atoms in total. The predicted molar refractivity (Wildman–Crippen MR) is 110 cm³/mol. The fraction of sp³-hybridized carbons (Fsp3) is 1.00. The van der Waals surface area contributed by atoms with Crippen LogP contribution in [0.25, 0.3) is 0 Å². The maximum Gasteiger partial charge on any atom is 0.503 e. The molecule has 0 spiro atoms. The van der Waals surface area contributed by atoms with Crippen molar-refractivity contribution >= 4 is 8.80 Å². The summed E-state index contributed by atoms with van der Waals surface area (Å²) in [7, 11) is 2.46. The number of rotatable bonds is 16. The third kappa shape index (κ3) is 8.52. The molecule has 0 saturated carbocycles. The van der Waals surface area contributed by atoms with Crippen molar-refractivity contribution in [2.45, 2.75) is 103 Å². The van der Waals surface area contributed by atoms with Gasteiger partial charge in [-0.3, -0.25) is 0 Å². The Kier molecular flexibility index (Phi) is 13.3. The van der Waals surface area contributed by atoms with Gasteiger partial charge in [-0.2, -0.15) is 0 Å². The lowest BCUT2D eigenvalue weighted by Crippen LogP contribution is -2.55. The van der Waals surface area contributed by atoms with Crippen LogP contribution in [-0.4, -0.2) is 35.7 Å². The molecule has 0 heterocycles. The quantitative estimate of drug-likeness (QED) is 0.285. The zero-order valence-electron chi connectivity index (χ0n) is 18.0. The first-order valence-electron chi connectivity index (χ1n) is 10.3. The fourth-order valence-corrected chi connectivity index (χ4v) is 7.11. The second-order valence-corrected chi connectivity index (χ2v) is 11.1. The number of nitrogens with two attached hydrogens (primary N) is 1. The molecule has 5 heteroatoms. The Morgan fingerprint density at radius 1 is 0.760 bits per heavy atom. The van der Waals surface area contributed by atoms with Crippen molar-refractivity contribution in [3.05, 3.63) is 0 Å². The van der Waals surface area contributed by atoms with Crippen LogP contribution in [0.2, 0.25) is 5.54 Å². The maximum atomic E-state index is 6.57. The first kappa shape index (κ1) is 25.1. The molecule has 2 atom stereocenters. The van der Waals surface area contributed by atoms with Crippen molar-refractivity contribution < 1.29 is 13.3 Å². The summed E-state index contributed by atoms with van der Waals surface area (Å²) in [5, 5.41) is 0. The Morgan fingerprint density at radius 3 is 1.64 bits per heavy atom. The highest BCUT2D eigenvalue weighted by Gasteiger charge is 2.52. The Morgan fingerprint density at radius 2 is 1.24 bits per heavy atom. The number of hydrogen-bond acceptors (Lipinski definition) is 4. The van der Waals surface area contributed by atoms with Gasteiger partial charge in [-0.05, 0) is 32.6 Å². The van der Waals surface area contributed by atoms with Gasteiger partial charge in [-0.25, -0.2) is 0 Å². The first-order chi connectivity index (χ1) is 11.8. The topological polar surface area (TPSA) is 53.7 Å². The van der Waals surface area contributed by atoms with E-state index in [4.69, 9.17) is 19.0 Å². The zero-order valence-corrected chi connectivity index (χ0v) is 19.0. The van der Waals surface area contributed by atoms with Crippen LogP contribution in [-0.2, 0) is 13.3 Å². The van der Waals surface area contributed by atoms with Crippen molar-refractivity contribution in [2.24, 2.45) is 11.7 Å². The molecule has 0 bridgehead atoms. The molecule has 0 fully saturated rings. The third-order valence-electron chi connectivity index (χ3n) is 5.47. The van der Waals surface area contributed by atoms with Gasteiger partial charge in [0.15, 0.2) is 0 Å².